The van der Waals surface area contributed by atoms with Crippen LogP contribution in [0.2, 0.25) is 5.02 Å². The van der Waals surface area contributed by atoms with Gasteiger partial charge in [-0.25, -0.2) is 4.99 Å². The Hall–Kier alpha value is -3.61. The van der Waals surface area contributed by atoms with Crippen LogP contribution in [-0.2, 0) is 19.4 Å². The van der Waals surface area contributed by atoms with Crippen molar-refractivity contribution in [2.24, 2.45) is 16.3 Å². The van der Waals surface area contributed by atoms with E-state index in [1.807, 2.05) is 30.3 Å². The second-order valence-electron chi connectivity index (χ2n) is 12.8. The van der Waals surface area contributed by atoms with Crippen LogP contribution in [0.4, 0.5) is 10.7 Å². The van der Waals surface area contributed by atoms with E-state index in [0.717, 1.165) is 35.4 Å². The van der Waals surface area contributed by atoms with Gasteiger partial charge in [-0.05, 0) is 122 Å². The topological polar surface area (TPSA) is 59.9 Å². The Balaban J connectivity index is 1.41. The maximum absolute atomic E-state index is 13.7. The zero-order valence-corrected chi connectivity index (χ0v) is 28.2. The minimum atomic E-state index is -0.144. The number of halogens is 1. The Labute approximate surface area is 270 Å². The molecule has 230 valence electrons. The molecule has 1 aliphatic carbocycles. The van der Waals surface area contributed by atoms with Crippen LogP contribution >= 0.6 is 22.9 Å². The number of ether oxygens (including phenoxy) is 2. The molecule has 44 heavy (non-hydrogen) atoms. The number of anilines is 1. The van der Waals surface area contributed by atoms with E-state index in [4.69, 9.17) is 26.1 Å². The van der Waals surface area contributed by atoms with Crippen molar-refractivity contribution in [3.05, 3.63) is 103 Å². The fourth-order valence-electron chi connectivity index (χ4n) is 5.97. The van der Waals surface area contributed by atoms with Gasteiger partial charge in [0, 0.05) is 21.8 Å². The van der Waals surface area contributed by atoms with Crippen molar-refractivity contribution < 1.29 is 14.3 Å². The number of amides is 1. The molecule has 4 aromatic rings. The van der Waals surface area contributed by atoms with Gasteiger partial charge in [-0.2, -0.15) is 0 Å². The quantitative estimate of drug-likeness (QED) is 0.198. The Morgan fingerprint density at radius 3 is 2.41 bits per heavy atom. The lowest BCUT2D eigenvalue weighted by molar-refractivity contribution is 0.102. The molecule has 1 aliphatic rings. The number of aryl methyl sites for hydroxylation is 3. The largest absolute Gasteiger partial charge is 0.493 e. The van der Waals surface area contributed by atoms with Crippen molar-refractivity contribution in [3.8, 4) is 11.5 Å². The van der Waals surface area contributed by atoms with Gasteiger partial charge in [0.1, 0.15) is 11.6 Å². The first-order valence-electron chi connectivity index (χ1n) is 15.1. The molecule has 0 saturated heterocycles. The molecule has 0 fully saturated rings. The third kappa shape index (κ3) is 7.19. The molecule has 1 amide bonds. The maximum Gasteiger partial charge on any atom is 0.259 e. The molecule has 1 heterocycles. The van der Waals surface area contributed by atoms with Gasteiger partial charge in [-0.3, -0.25) is 4.79 Å². The lowest BCUT2D eigenvalue weighted by atomic mass is 9.72. The van der Waals surface area contributed by atoms with Crippen molar-refractivity contribution in [1.82, 2.24) is 0 Å². The smallest absolute Gasteiger partial charge is 0.259 e. The van der Waals surface area contributed by atoms with Gasteiger partial charge in [0.15, 0.2) is 11.5 Å². The third-order valence-electron chi connectivity index (χ3n) is 8.53. The molecule has 3 aromatic carbocycles. The minimum Gasteiger partial charge on any atom is -0.493 e. The Morgan fingerprint density at radius 2 is 1.75 bits per heavy atom. The van der Waals surface area contributed by atoms with E-state index >= 15 is 0 Å². The SMILES string of the molecule is COc1cc(C=Nc2sc3c(c2C(=O)Nc2ccc(Cl)cc2)CC[C@@H](C(C)(C)C)C3)ccc1OCc1c(C)cc(C)cc1C. The van der Waals surface area contributed by atoms with Crippen LogP contribution in [0.1, 0.15) is 75.8 Å². The number of nitrogens with one attached hydrogen (secondary N) is 1. The molecule has 0 spiro atoms. The van der Waals surface area contributed by atoms with Crippen molar-refractivity contribution in [1.29, 1.82) is 0 Å². The monoisotopic (exact) mass is 628 g/mol. The summed E-state index contributed by atoms with van der Waals surface area (Å²) in [6.45, 7) is 13.7. The zero-order valence-electron chi connectivity index (χ0n) is 26.6. The van der Waals surface area contributed by atoms with Gasteiger partial charge in [-0.1, -0.05) is 50.1 Å². The number of methoxy groups -OCH3 is 1. The molecule has 5 nitrogen and oxygen atoms in total. The van der Waals surface area contributed by atoms with Crippen molar-refractivity contribution >= 4 is 45.7 Å². The molecule has 1 atom stereocenters. The van der Waals surface area contributed by atoms with Crippen molar-refractivity contribution in [2.75, 3.05) is 12.4 Å². The second-order valence-corrected chi connectivity index (χ2v) is 14.3. The molecule has 0 bridgehead atoms. The Bertz CT molecular complexity index is 1680. The number of aliphatic imine (C=N–C) groups is 1. The molecule has 1 N–H and O–H groups in total. The summed E-state index contributed by atoms with van der Waals surface area (Å²) in [4.78, 5) is 19.8. The van der Waals surface area contributed by atoms with Gasteiger partial charge in [0.25, 0.3) is 5.91 Å². The van der Waals surface area contributed by atoms with E-state index in [-0.39, 0.29) is 11.3 Å². The van der Waals surface area contributed by atoms with Gasteiger partial charge < -0.3 is 14.8 Å². The number of benzene rings is 3. The fraction of sp³-hybridized carbons (Fsp3) is 0.351. The first-order valence-corrected chi connectivity index (χ1v) is 16.3. The average molecular weight is 629 g/mol. The lowest BCUT2D eigenvalue weighted by Crippen LogP contribution is -2.27. The third-order valence-corrected chi connectivity index (χ3v) is 9.95. The Morgan fingerprint density at radius 1 is 1.05 bits per heavy atom. The summed E-state index contributed by atoms with van der Waals surface area (Å²) >= 11 is 7.69. The van der Waals surface area contributed by atoms with E-state index < -0.39 is 0 Å². The molecule has 0 unspecified atom stereocenters. The van der Waals surface area contributed by atoms with Gasteiger partial charge in [-0.15, -0.1) is 11.3 Å². The van der Waals surface area contributed by atoms with Crippen LogP contribution in [0.3, 0.4) is 0 Å². The molecular weight excluding hydrogens is 588 g/mol. The molecule has 0 aliphatic heterocycles. The standard InChI is InChI=1S/C37H41ClN2O3S/c1-22-16-23(2)30(24(3)17-22)21-43-31-15-8-25(18-32(31)42-7)20-39-36-34(35(41)40-28-12-10-27(38)11-13-28)29-14-9-26(37(4,5)6)19-33(29)44-36/h8,10-13,15-18,20,26H,9,14,19,21H2,1-7H3,(H,40,41)/t26-/m1/s1. The number of carbonyl (C=O) groups excluding carboxylic acids is 1. The van der Waals surface area contributed by atoms with Crippen LogP contribution < -0.4 is 14.8 Å². The van der Waals surface area contributed by atoms with Gasteiger partial charge in [0.2, 0.25) is 0 Å². The average Bonchev–Trinajstić information content (AvgIpc) is 3.34. The van der Waals surface area contributed by atoms with Crippen LogP contribution in [0, 0.1) is 32.1 Å². The van der Waals surface area contributed by atoms with Crippen LogP contribution in [0.25, 0.3) is 0 Å². The number of thiophene rings is 1. The number of rotatable bonds is 8. The summed E-state index contributed by atoms with van der Waals surface area (Å²) in [6, 6.07) is 17.3. The van der Waals surface area contributed by atoms with E-state index in [2.05, 4.69) is 59.0 Å². The fourth-order valence-corrected chi connectivity index (χ4v) is 7.36. The predicted molar refractivity (Wildman–Crippen MR) is 184 cm³/mol. The van der Waals surface area contributed by atoms with E-state index in [0.29, 0.717) is 40.3 Å². The van der Waals surface area contributed by atoms with E-state index in [1.165, 1.54) is 27.1 Å². The van der Waals surface area contributed by atoms with Crippen LogP contribution in [0.5, 0.6) is 11.5 Å². The maximum atomic E-state index is 13.7. The highest BCUT2D eigenvalue weighted by Gasteiger charge is 2.33. The number of hydrogen-bond acceptors (Lipinski definition) is 5. The molecule has 0 radical (unpaired) electrons. The predicted octanol–water partition coefficient (Wildman–Crippen LogP) is 10.1. The first-order chi connectivity index (χ1) is 20.9. The molecule has 7 heteroatoms. The summed E-state index contributed by atoms with van der Waals surface area (Å²) in [5, 5.41) is 4.41. The number of hydrogen-bond donors (Lipinski definition) is 1. The van der Waals surface area contributed by atoms with Crippen LogP contribution in [-0.4, -0.2) is 19.2 Å². The number of carbonyl (C=O) groups is 1. The van der Waals surface area contributed by atoms with E-state index in [9.17, 15) is 4.79 Å². The summed E-state index contributed by atoms with van der Waals surface area (Å²) in [5.41, 5.74) is 8.42. The second kappa shape index (κ2) is 13.2. The summed E-state index contributed by atoms with van der Waals surface area (Å²) < 4.78 is 11.9. The van der Waals surface area contributed by atoms with Gasteiger partial charge in [0.05, 0.1) is 12.7 Å². The van der Waals surface area contributed by atoms with Crippen molar-refractivity contribution in [3.63, 3.8) is 0 Å². The molecule has 0 saturated carbocycles. The lowest BCUT2D eigenvalue weighted by Gasteiger charge is -2.33. The van der Waals surface area contributed by atoms with Crippen LogP contribution in [0.15, 0.2) is 59.6 Å². The first kappa shape index (κ1) is 31.8. The van der Waals surface area contributed by atoms with E-state index in [1.54, 1.807) is 36.8 Å². The highest BCUT2D eigenvalue weighted by molar-refractivity contribution is 7.16. The molecule has 5 rings (SSSR count). The van der Waals surface area contributed by atoms with Gasteiger partial charge >= 0.3 is 0 Å². The molecular formula is C37H41ClN2O3S. The minimum absolute atomic E-state index is 0.144. The highest BCUT2D eigenvalue weighted by Crippen LogP contribution is 2.45. The Kier molecular flexibility index (Phi) is 9.52. The summed E-state index contributed by atoms with van der Waals surface area (Å²) in [7, 11) is 1.64. The summed E-state index contributed by atoms with van der Waals surface area (Å²) in [6.07, 6.45) is 4.68. The molecule has 1 aromatic heterocycles. The number of fused-ring (bicyclic) bond motifs is 1. The zero-order chi connectivity index (χ0) is 31.6. The number of nitrogens with zero attached hydrogens (tertiary/aromatic N) is 1. The summed E-state index contributed by atoms with van der Waals surface area (Å²) in [5.74, 6) is 1.72. The van der Waals surface area contributed by atoms with Crippen molar-refractivity contribution in [2.45, 2.75) is 67.4 Å². The normalized spacial score (nSPS) is 14.9. The highest BCUT2D eigenvalue weighted by atomic mass is 35.5.